The van der Waals surface area contributed by atoms with Crippen LogP contribution in [0.5, 0.6) is 0 Å². The van der Waals surface area contributed by atoms with Crippen LogP contribution in [-0.4, -0.2) is 25.2 Å². The Morgan fingerprint density at radius 2 is 2.39 bits per heavy atom. The molecule has 0 aliphatic carbocycles. The zero-order chi connectivity index (χ0) is 13.0. The van der Waals surface area contributed by atoms with Gasteiger partial charge in [0.05, 0.1) is 12.5 Å². The summed E-state index contributed by atoms with van der Waals surface area (Å²) in [5, 5.41) is 3.04. The van der Waals surface area contributed by atoms with Crippen LogP contribution in [0.2, 0.25) is 0 Å². The molecule has 1 aromatic heterocycles. The molecule has 0 radical (unpaired) electrons. The topological polar surface area (TPSA) is 51.5 Å². The zero-order valence-electron chi connectivity index (χ0n) is 11.1. The number of carbonyl (C=O) groups is 1. The quantitative estimate of drug-likeness (QED) is 0.871. The first-order chi connectivity index (χ1) is 8.65. The smallest absolute Gasteiger partial charge is 0.225 e. The molecule has 0 saturated carbocycles. The molecule has 2 rings (SSSR count). The average molecular weight is 251 g/mol. The number of hydrogen-bond acceptors (Lipinski definition) is 3. The minimum Gasteiger partial charge on any atom is -0.466 e. The van der Waals surface area contributed by atoms with E-state index in [2.05, 4.69) is 5.32 Å². The molecule has 4 heteroatoms. The van der Waals surface area contributed by atoms with E-state index in [1.54, 1.807) is 0 Å². The van der Waals surface area contributed by atoms with Crippen LogP contribution >= 0.6 is 0 Å². The summed E-state index contributed by atoms with van der Waals surface area (Å²) in [6.07, 6.45) is 2.60. The highest BCUT2D eigenvalue weighted by atomic mass is 16.5. The van der Waals surface area contributed by atoms with E-state index in [4.69, 9.17) is 9.15 Å². The largest absolute Gasteiger partial charge is 0.466 e. The number of amides is 1. The number of ether oxygens (including phenoxy) is 1. The number of rotatable bonds is 5. The average Bonchev–Trinajstić information content (AvgIpc) is 2.97. The Kier molecular flexibility index (Phi) is 4.42. The first kappa shape index (κ1) is 13.1. The second-order valence-corrected chi connectivity index (χ2v) is 5.02. The van der Waals surface area contributed by atoms with Gasteiger partial charge in [0.2, 0.25) is 5.91 Å². The highest BCUT2D eigenvalue weighted by Gasteiger charge is 2.24. The van der Waals surface area contributed by atoms with Crippen LogP contribution < -0.4 is 5.32 Å². The Labute approximate surface area is 108 Å². The minimum atomic E-state index is 0.0401. The maximum absolute atomic E-state index is 11.9. The molecule has 100 valence electrons. The molecule has 1 fully saturated rings. The van der Waals surface area contributed by atoms with Crippen LogP contribution in [0.4, 0.5) is 0 Å². The Bertz CT molecular complexity index is 393. The Morgan fingerprint density at radius 1 is 1.56 bits per heavy atom. The maximum atomic E-state index is 11.9. The lowest BCUT2D eigenvalue weighted by Crippen LogP contribution is -2.37. The molecule has 4 nitrogen and oxygen atoms in total. The molecule has 0 aromatic carbocycles. The standard InChI is InChI=1S/C14H21NO3/c1-10(3-5-13-6-4-11(2)18-13)15-14(16)12-7-8-17-9-12/h4,6,10,12H,3,5,7-9H2,1-2H3,(H,15,16)/t10-,12+/m1/s1. The van der Waals surface area contributed by atoms with Crippen molar-refractivity contribution in [1.82, 2.24) is 5.32 Å². The van der Waals surface area contributed by atoms with Gasteiger partial charge in [-0.1, -0.05) is 0 Å². The number of hydrogen-bond donors (Lipinski definition) is 1. The van der Waals surface area contributed by atoms with Gasteiger partial charge in [-0.15, -0.1) is 0 Å². The number of aryl methyl sites for hydroxylation is 2. The summed E-state index contributed by atoms with van der Waals surface area (Å²) in [6.45, 7) is 5.24. The van der Waals surface area contributed by atoms with E-state index >= 15 is 0 Å². The Hall–Kier alpha value is -1.29. The highest BCUT2D eigenvalue weighted by molar-refractivity contribution is 5.79. The normalized spacial score (nSPS) is 20.9. The van der Waals surface area contributed by atoms with Gasteiger partial charge >= 0.3 is 0 Å². The van der Waals surface area contributed by atoms with E-state index in [-0.39, 0.29) is 17.9 Å². The fourth-order valence-corrected chi connectivity index (χ4v) is 2.15. The predicted molar refractivity (Wildman–Crippen MR) is 68.3 cm³/mol. The molecular formula is C14H21NO3. The number of carbonyl (C=O) groups excluding carboxylic acids is 1. The molecule has 0 bridgehead atoms. The molecular weight excluding hydrogens is 230 g/mol. The molecule has 1 saturated heterocycles. The third-order valence-electron chi connectivity index (χ3n) is 3.31. The van der Waals surface area contributed by atoms with Crippen molar-refractivity contribution >= 4 is 5.91 Å². The summed E-state index contributed by atoms with van der Waals surface area (Å²) in [4.78, 5) is 11.9. The summed E-state index contributed by atoms with van der Waals surface area (Å²) in [6, 6.07) is 4.13. The number of nitrogens with one attached hydrogen (secondary N) is 1. The van der Waals surface area contributed by atoms with Crippen molar-refractivity contribution in [3.63, 3.8) is 0 Å². The first-order valence-electron chi connectivity index (χ1n) is 6.58. The Morgan fingerprint density at radius 3 is 3.00 bits per heavy atom. The van der Waals surface area contributed by atoms with Crippen LogP contribution in [0.3, 0.4) is 0 Å². The highest BCUT2D eigenvalue weighted by Crippen LogP contribution is 2.13. The van der Waals surface area contributed by atoms with Gasteiger partial charge < -0.3 is 14.5 Å². The molecule has 0 spiro atoms. The lowest BCUT2D eigenvalue weighted by molar-refractivity contribution is -0.125. The molecule has 1 aliphatic heterocycles. The van der Waals surface area contributed by atoms with Crippen molar-refractivity contribution in [3.8, 4) is 0 Å². The lowest BCUT2D eigenvalue weighted by atomic mass is 10.1. The van der Waals surface area contributed by atoms with Gasteiger partial charge in [0, 0.05) is 19.1 Å². The first-order valence-corrected chi connectivity index (χ1v) is 6.58. The van der Waals surface area contributed by atoms with Gasteiger partial charge in [0.1, 0.15) is 11.5 Å². The second-order valence-electron chi connectivity index (χ2n) is 5.02. The van der Waals surface area contributed by atoms with Crippen molar-refractivity contribution in [2.75, 3.05) is 13.2 Å². The van der Waals surface area contributed by atoms with Crippen molar-refractivity contribution in [2.45, 2.75) is 39.2 Å². The van der Waals surface area contributed by atoms with Crippen LogP contribution in [0, 0.1) is 12.8 Å². The SMILES string of the molecule is Cc1ccc(CC[C@@H](C)NC(=O)[C@H]2CCOC2)o1. The fraction of sp³-hybridized carbons (Fsp3) is 0.643. The van der Waals surface area contributed by atoms with E-state index in [9.17, 15) is 4.79 Å². The molecule has 0 unspecified atom stereocenters. The van der Waals surface area contributed by atoms with Crippen LogP contribution in [0.15, 0.2) is 16.5 Å². The van der Waals surface area contributed by atoms with E-state index in [0.29, 0.717) is 13.2 Å². The maximum Gasteiger partial charge on any atom is 0.225 e. The van der Waals surface area contributed by atoms with E-state index in [1.807, 2.05) is 26.0 Å². The van der Waals surface area contributed by atoms with Gasteiger partial charge in [-0.2, -0.15) is 0 Å². The zero-order valence-corrected chi connectivity index (χ0v) is 11.1. The van der Waals surface area contributed by atoms with Crippen molar-refractivity contribution in [3.05, 3.63) is 23.7 Å². The molecule has 1 aromatic rings. The summed E-state index contributed by atoms with van der Waals surface area (Å²) in [5.74, 6) is 2.08. The second kappa shape index (κ2) is 6.05. The van der Waals surface area contributed by atoms with Crippen LogP contribution in [0.25, 0.3) is 0 Å². The van der Waals surface area contributed by atoms with Crippen molar-refractivity contribution in [1.29, 1.82) is 0 Å². The van der Waals surface area contributed by atoms with E-state index in [1.165, 1.54) is 0 Å². The summed E-state index contributed by atoms with van der Waals surface area (Å²) >= 11 is 0. The van der Waals surface area contributed by atoms with Crippen LogP contribution in [-0.2, 0) is 16.0 Å². The number of furan rings is 1. The molecule has 2 atom stereocenters. The van der Waals surface area contributed by atoms with Gasteiger partial charge in [0.25, 0.3) is 0 Å². The predicted octanol–water partition coefficient (Wildman–Crippen LogP) is 2.06. The van der Waals surface area contributed by atoms with Crippen LogP contribution in [0.1, 0.15) is 31.3 Å². The summed E-state index contributed by atoms with van der Waals surface area (Å²) in [7, 11) is 0. The summed E-state index contributed by atoms with van der Waals surface area (Å²) in [5.41, 5.74) is 0. The minimum absolute atomic E-state index is 0.0401. The lowest BCUT2D eigenvalue weighted by Gasteiger charge is -2.15. The molecule has 1 amide bonds. The molecule has 1 N–H and O–H groups in total. The monoisotopic (exact) mass is 251 g/mol. The van der Waals surface area contributed by atoms with Gasteiger partial charge in [-0.3, -0.25) is 4.79 Å². The van der Waals surface area contributed by atoms with Gasteiger partial charge in [-0.25, -0.2) is 0 Å². The molecule has 18 heavy (non-hydrogen) atoms. The van der Waals surface area contributed by atoms with Crippen molar-refractivity contribution < 1.29 is 13.9 Å². The van der Waals surface area contributed by atoms with E-state index < -0.39 is 0 Å². The third-order valence-corrected chi connectivity index (χ3v) is 3.31. The molecule has 1 aliphatic rings. The Balaban J connectivity index is 1.71. The van der Waals surface area contributed by atoms with Gasteiger partial charge in [-0.05, 0) is 38.8 Å². The van der Waals surface area contributed by atoms with Gasteiger partial charge in [0.15, 0.2) is 0 Å². The molecule has 2 heterocycles. The fourth-order valence-electron chi connectivity index (χ4n) is 2.15. The third kappa shape index (κ3) is 3.60. The van der Waals surface area contributed by atoms with Crippen molar-refractivity contribution in [2.24, 2.45) is 5.92 Å². The van der Waals surface area contributed by atoms with E-state index in [0.717, 1.165) is 30.8 Å². The summed E-state index contributed by atoms with van der Waals surface area (Å²) < 4.78 is 10.7.